The van der Waals surface area contributed by atoms with Gasteiger partial charge in [-0.15, -0.1) is 6.58 Å². The molecule has 0 saturated carbocycles. The second-order valence-corrected chi connectivity index (χ2v) is 12.0. The topological polar surface area (TPSA) is 105 Å². The van der Waals surface area contributed by atoms with Gasteiger partial charge in [-0.25, -0.2) is 9.37 Å². The largest absolute Gasteiger partial charge is 0.462 e. The lowest BCUT2D eigenvalue weighted by atomic mass is 9.97. The molecule has 3 unspecified atom stereocenters. The number of nitrogens with zero attached hydrogens (tertiary/aromatic N) is 6. The lowest BCUT2D eigenvalue weighted by molar-refractivity contribution is 0.188. The van der Waals surface area contributed by atoms with Crippen molar-refractivity contribution in [3.63, 3.8) is 0 Å². The highest BCUT2D eigenvalue weighted by Gasteiger charge is 2.43. The fourth-order valence-electron chi connectivity index (χ4n) is 6.30. The highest BCUT2D eigenvalue weighted by atomic mass is 32.1. The monoisotopic (exact) mass is 546 g/mol. The normalized spacial score (nSPS) is 25.1. The van der Waals surface area contributed by atoms with Gasteiger partial charge in [0.25, 0.3) is 0 Å². The summed E-state index contributed by atoms with van der Waals surface area (Å²) >= 11 is 1.14. The molecule has 3 aliphatic rings. The number of fused-ring (bicyclic) bond motifs is 4. The van der Waals surface area contributed by atoms with Gasteiger partial charge in [-0.05, 0) is 57.5 Å². The van der Waals surface area contributed by atoms with E-state index in [2.05, 4.69) is 33.7 Å². The Labute approximate surface area is 229 Å². The van der Waals surface area contributed by atoms with E-state index in [0.717, 1.165) is 67.0 Å². The Balaban J connectivity index is 1.32. The first-order valence-electron chi connectivity index (χ1n) is 13.4. The summed E-state index contributed by atoms with van der Waals surface area (Å²) in [4.78, 5) is 23.6. The Morgan fingerprint density at radius 1 is 1.31 bits per heavy atom. The van der Waals surface area contributed by atoms with Crippen LogP contribution in [-0.2, 0) is 0 Å². The summed E-state index contributed by atoms with van der Waals surface area (Å²) in [6, 6.07) is 6.12. The van der Waals surface area contributed by atoms with Gasteiger partial charge in [0.15, 0.2) is 5.13 Å². The predicted octanol–water partition coefficient (Wildman–Crippen LogP) is 3.99. The number of hydrogen-bond acceptors (Lipinski definition) is 10. The zero-order chi connectivity index (χ0) is 26.7. The summed E-state index contributed by atoms with van der Waals surface area (Å²) in [7, 11) is 2.13. The number of ether oxygens (including phenoxy) is 1. The van der Waals surface area contributed by atoms with Crippen LogP contribution in [0.1, 0.15) is 25.7 Å². The average Bonchev–Trinajstić information content (AvgIpc) is 3.63. The molecule has 9 nitrogen and oxygen atoms in total. The Morgan fingerprint density at radius 2 is 2.21 bits per heavy atom. The minimum absolute atomic E-state index is 0.134. The molecule has 2 bridgehead atoms. The van der Waals surface area contributed by atoms with Gasteiger partial charge in [0, 0.05) is 36.9 Å². The van der Waals surface area contributed by atoms with Gasteiger partial charge in [0.05, 0.1) is 32.4 Å². The third kappa shape index (κ3) is 4.29. The number of nitrogens with one attached hydrogen (secondary N) is 1. The van der Waals surface area contributed by atoms with E-state index in [0.29, 0.717) is 51.3 Å². The highest BCUT2D eigenvalue weighted by molar-refractivity contribution is 7.22. The molecule has 6 heterocycles. The molecule has 3 atom stereocenters. The molecule has 3 aromatic heterocycles. The molecule has 39 heavy (non-hydrogen) atoms. The fourth-order valence-corrected chi connectivity index (χ4v) is 7.07. The summed E-state index contributed by atoms with van der Waals surface area (Å²) in [5, 5.41) is 4.90. The third-order valence-electron chi connectivity index (χ3n) is 8.44. The van der Waals surface area contributed by atoms with Crippen LogP contribution < -0.4 is 20.7 Å². The van der Waals surface area contributed by atoms with Gasteiger partial charge in [0.2, 0.25) is 0 Å². The van der Waals surface area contributed by atoms with E-state index >= 15 is 0 Å². The number of nitrogen functional groups attached to an aromatic ring is 1. The maximum atomic E-state index is 14.5. The lowest BCUT2D eigenvalue weighted by Crippen LogP contribution is -2.58. The van der Waals surface area contributed by atoms with Crippen molar-refractivity contribution in [3.8, 4) is 17.3 Å². The number of piperazine rings is 1. The first-order valence-corrected chi connectivity index (χ1v) is 14.2. The fraction of sp³-hybridized carbons (Fsp3) is 0.429. The second kappa shape index (κ2) is 9.35. The van der Waals surface area contributed by atoms with Crippen molar-refractivity contribution in [2.24, 2.45) is 0 Å². The smallest absolute Gasteiger partial charge is 0.319 e. The summed E-state index contributed by atoms with van der Waals surface area (Å²) in [5.41, 5.74) is 8.37. The molecule has 11 heteroatoms. The molecule has 4 aromatic rings. The molecule has 0 amide bonds. The Kier molecular flexibility index (Phi) is 5.91. The first-order chi connectivity index (χ1) is 18.9. The van der Waals surface area contributed by atoms with Crippen LogP contribution in [0.4, 0.5) is 15.3 Å². The highest BCUT2D eigenvalue weighted by Crippen LogP contribution is 2.38. The Bertz CT molecular complexity index is 1590. The molecule has 202 valence electrons. The van der Waals surface area contributed by atoms with E-state index in [9.17, 15) is 4.39 Å². The van der Waals surface area contributed by atoms with Crippen LogP contribution in [0, 0.1) is 5.82 Å². The Hall–Kier alpha value is -3.41. The van der Waals surface area contributed by atoms with Crippen LogP contribution in [0.2, 0.25) is 0 Å². The summed E-state index contributed by atoms with van der Waals surface area (Å²) in [5.74, 6) is 0.473. The van der Waals surface area contributed by atoms with Gasteiger partial charge in [-0.3, -0.25) is 4.98 Å². The molecule has 3 fully saturated rings. The minimum atomic E-state index is -0.342. The van der Waals surface area contributed by atoms with Crippen LogP contribution in [0.25, 0.3) is 32.4 Å². The number of aromatic nitrogens is 4. The van der Waals surface area contributed by atoms with Crippen LogP contribution in [0.15, 0.2) is 37.1 Å². The maximum Gasteiger partial charge on any atom is 0.319 e. The number of likely N-dealkylation sites (tertiary alicyclic amines) is 1. The molecular formula is C28H31FN8OS. The molecule has 0 radical (unpaired) electrons. The van der Waals surface area contributed by atoms with Crippen molar-refractivity contribution in [2.45, 2.75) is 43.3 Å². The molecule has 0 aliphatic carbocycles. The third-order valence-corrected chi connectivity index (χ3v) is 9.33. The SMILES string of the molecule is C=CC12CCC(CN(c3nc(OCC4CCCN4C)nc4cc(-c5ccc(F)c6sc(N)nc56)ncc34)C1)N2. The van der Waals surface area contributed by atoms with E-state index in [-0.39, 0.29) is 11.4 Å². The molecule has 7 rings (SSSR count). The lowest BCUT2D eigenvalue weighted by Gasteiger charge is -2.40. The van der Waals surface area contributed by atoms with E-state index in [1.165, 1.54) is 12.5 Å². The molecule has 3 aliphatic heterocycles. The van der Waals surface area contributed by atoms with Gasteiger partial charge in [0.1, 0.15) is 18.2 Å². The number of anilines is 2. The molecular weight excluding hydrogens is 515 g/mol. The zero-order valence-electron chi connectivity index (χ0n) is 21.9. The predicted molar refractivity (Wildman–Crippen MR) is 153 cm³/mol. The Morgan fingerprint density at radius 3 is 3.03 bits per heavy atom. The first kappa shape index (κ1) is 24.6. The summed E-state index contributed by atoms with van der Waals surface area (Å²) in [6.07, 6.45) is 8.27. The number of thiazole rings is 1. The van der Waals surface area contributed by atoms with Crippen LogP contribution in [0.5, 0.6) is 6.01 Å². The van der Waals surface area contributed by atoms with E-state index in [1.54, 1.807) is 6.07 Å². The number of pyridine rings is 1. The van der Waals surface area contributed by atoms with E-state index in [1.807, 2.05) is 18.3 Å². The van der Waals surface area contributed by atoms with Crippen molar-refractivity contribution >= 4 is 43.4 Å². The molecule has 0 spiro atoms. The maximum absolute atomic E-state index is 14.5. The van der Waals surface area contributed by atoms with Crippen molar-refractivity contribution in [2.75, 3.05) is 43.9 Å². The van der Waals surface area contributed by atoms with Crippen molar-refractivity contribution in [1.29, 1.82) is 0 Å². The number of halogens is 1. The molecule has 3 saturated heterocycles. The van der Waals surface area contributed by atoms with Crippen LogP contribution >= 0.6 is 11.3 Å². The number of hydrogen-bond donors (Lipinski definition) is 2. The van der Waals surface area contributed by atoms with Crippen molar-refractivity contribution in [3.05, 3.63) is 42.9 Å². The standard InChI is InChI=1S/C28H31FN8OS/c1-3-28-9-8-16(35-28)13-37(15-28)25-19-12-31-21(18-6-7-20(29)24-23(18)33-26(30)39-24)11-22(19)32-27(34-25)38-14-17-5-4-10-36(17)2/h3,6-7,11-12,16-17,35H,1,4-5,8-10,13-15H2,2H3,(H2,30,33). The number of rotatable bonds is 6. The average molecular weight is 547 g/mol. The van der Waals surface area contributed by atoms with Crippen LogP contribution in [-0.4, -0.2) is 75.7 Å². The minimum Gasteiger partial charge on any atom is -0.462 e. The quantitative estimate of drug-likeness (QED) is 0.347. The van der Waals surface area contributed by atoms with Crippen LogP contribution in [0.3, 0.4) is 0 Å². The molecule has 3 N–H and O–H groups in total. The van der Waals surface area contributed by atoms with Crippen molar-refractivity contribution in [1.82, 2.24) is 30.2 Å². The number of benzene rings is 1. The second-order valence-electron chi connectivity index (χ2n) is 10.9. The van der Waals surface area contributed by atoms with Crippen molar-refractivity contribution < 1.29 is 9.13 Å². The van der Waals surface area contributed by atoms with Gasteiger partial charge in [-0.1, -0.05) is 17.4 Å². The number of nitrogens with two attached hydrogens (primary N) is 1. The van der Waals surface area contributed by atoms with E-state index < -0.39 is 0 Å². The number of likely N-dealkylation sites (N-methyl/N-ethyl adjacent to an activating group) is 1. The van der Waals surface area contributed by atoms with E-state index in [4.69, 9.17) is 25.4 Å². The van der Waals surface area contributed by atoms with Gasteiger partial charge in [-0.2, -0.15) is 9.97 Å². The van der Waals surface area contributed by atoms with Gasteiger partial charge < -0.3 is 25.6 Å². The molecule has 1 aromatic carbocycles. The van der Waals surface area contributed by atoms with Gasteiger partial charge >= 0.3 is 6.01 Å². The summed E-state index contributed by atoms with van der Waals surface area (Å²) in [6.45, 7) is 7.33. The summed E-state index contributed by atoms with van der Waals surface area (Å²) < 4.78 is 21.1. The zero-order valence-corrected chi connectivity index (χ0v) is 22.7.